The third kappa shape index (κ3) is 43100. The van der Waals surface area contributed by atoms with Crippen molar-refractivity contribution in [1.82, 2.24) is 0 Å². The maximum atomic E-state index is 4.85. The summed E-state index contributed by atoms with van der Waals surface area (Å²) < 4.78 is 0.111. The van der Waals surface area contributed by atoms with Gasteiger partial charge in [-0.3, -0.25) is 0 Å². The molecule has 0 aliphatic carbocycles. The van der Waals surface area contributed by atoms with E-state index in [1.54, 1.807) is 0 Å². The van der Waals surface area contributed by atoms with Crippen molar-refractivity contribution in [2.75, 3.05) is 0 Å². The monoisotopic (exact) mass is 152 g/mol. The molecule has 0 aromatic heterocycles. The molecule has 0 amide bonds. The summed E-state index contributed by atoms with van der Waals surface area (Å²) in [6, 6.07) is 0. The zero-order chi connectivity index (χ0) is 7.15. The topological polar surface area (TPSA) is 0 Å². The summed E-state index contributed by atoms with van der Waals surface area (Å²) in [6.07, 6.45) is 0. The summed E-state index contributed by atoms with van der Waals surface area (Å²) in [4.78, 5) is 0. The molecule has 0 unspecified atom stereocenters. The van der Waals surface area contributed by atoms with E-state index in [-0.39, 0.29) is 4.49 Å². The van der Waals surface area contributed by atoms with Crippen LogP contribution in [0.15, 0.2) is 23.2 Å². The molecule has 0 nitrogen and oxygen atoms in total. The van der Waals surface area contributed by atoms with Gasteiger partial charge in [0, 0.05) is 0 Å². The first-order valence-electron chi connectivity index (χ1n) is 2.09. The summed E-state index contributed by atoms with van der Waals surface area (Å²) in [5.41, 5.74) is 1.17. The molecule has 0 saturated carbocycles. The molecule has 0 rings (SSSR count). The van der Waals surface area contributed by atoms with E-state index in [0.29, 0.717) is 0 Å². The quantitative estimate of drug-likeness (QED) is 0.467. The Morgan fingerprint density at radius 2 is 1.12 bits per heavy atom. The zero-order valence-electron chi connectivity index (χ0n) is 5.17. The lowest BCUT2D eigenvalue weighted by molar-refractivity contribution is 1.42. The highest BCUT2D eigenvalue weighted by Crippen LogP contribution is 1.98. The molecule has 0 N–H and O–H groups in total. The van der Waals surface area contributed by atoms with Crippen LogP contribution >= 0.6 is 23.2 Å². The second kappa shape index (κ2) is 7.06. The highest BCUT2D eigenvalue weighted by molar-refractivity contribution is 6.55. The number of hydrogen-bond donors (Lipinski definition) is 0. The lowest BCUT2D eigenvalue weighted by atomic mass is 10.4. The van der Waals surface area contributed by atoms with Gasteiger partial charge in [-0.2, -0.15) is 0 Å². The van der Waals surface area contributed by atoms with Crippen LogP contribution in [0, 0.1) is 0 Å². The maximum absolute atomic E-state index is 4.85. The van der Waals surface area contributed by atoms with Gasteiger partial charge in [-0.25, -0.2) is 0 Å². The van der Waals surface area contributed by atoms with Crippen molar-refractivity contribution >= 4 is 23.2 Å². The molecule has 0 bridgehead atoms. The van der Waals surface area contributed by atoms with Gasteiger partial charge in [-0.15, -0.1) is 6.58 Å². The maximum Gasteiger partial charge on any atom is 0.0992 e. The van der Waals surface area contributed by atoms with E-state index in [1.807, 2.05) is 13.8 Å². The first-order chi connectivity index (χ1) is 3.46. The van der Waals surface area contributed by atoms with Crippen molar-refractivity contribution in [2.45, 2.75) is 13.8 Å². The summed E-state index contributed by atoms with van der Waals surface area (Å²) in [5.74, 6) is 0. The minimum atomic E-state index is 0.111. The third-order valence-electron chi connectivity index (χ3n) is 0. The molecule has 0 aromatic rings. The zero-order valence-corrected chi connectivity index (χ0v) is 6.68. The minimum absolute atomic E-state index is 0.111. The highest BCUT2D eigenvalue weighted by atomic mass is 35.5. The largest absolute Gasteiger partial charge is 0.100 e. The Balaban J connectivity index is 0. The summed E-state index contributed by atoms with van der Waals surface area (Å²) >= 11 is 9.69. The fourth-order valence-electron chi connectivity index (χ4n) is 0. The van der Waals surface area contributed by atoms with Crippen LogP contribution in [-0.2, 0) is 0 Å². The van der Waals surface area contributed by atoms with E-state index in [1.165, 1.54) is 5.57 Å². The number of halogens is 2. The van der Waals surface area contributed by atoms with E-state index in [9.17, 15) is 0 Å². The molecular weight excluding hydrogens is 143 g/mol. The van der Waals surface area contributed by atoms with Gasteiger partial charge in [-0.05, 0) is 13.8 Å². The van der Waals surface area contributed by atoms with Crippen LogP contribution in [0.2, 0.25) is 0 Å². The van der Waals surface area contributed by atoms with Crippen LogP contribution in [-0.4, -0.2) is 0 Å². The molecule has 0 aliphatic heterocycles. The Labute approximate surface area is 60.8 Å². The Bertz CT molecular complexity index is 64.5. The van der Waals surface area contributed by atoms with Gasteiger partial charge in [0.05, 0.1) is 4.49 Å². The molecule has 2 heteroatoms. The van der Waals surface area contributed by atoms with E-state index in [4.69, 9.17) is 23.2 Å². The lowest BCUT2D eigenvalue weighted by Crippen LogP contribution is -1.43. The third-order valence-corrected chi connectivity index (χ3v) is 0. The van der Waals surface area contributed by atoms with Gasteiger partial charge in [0.2, 0.25) is 0 Å². The molecular formula is C6H10Cl2. The molecule has 0 spiro atoms. The minimum Gasteiger partial charge on any atom is -0.100 e. The van der Waals surface area contributed by atoms with Crippen LogP contribution in [0.1, 0.15) is 13.8 Å². The van der Waals surface area contributed by atoms with Crippen LogP contribution in [0.5, 0.6) is 0 Å². The molecule has 48 valence electrons. The van der Waals surface area contributed by atoms with Crippen LogP contribution in [0.3, 0.4) is 0 Å². The predicted molar refractivity (Wildman–Crippen MR) is 41.3 cm³/mol. The molecule has 0 aromatic carbocycles. The lowest BCUT2D eigenvalue weighted by Gasteiger charge is -1.65. The number of allylic oxidation sites excluding steroid dienone is 1. The van der Waals surface area contributed by atoms with Crippen molar-refractivity contribution in [3.05, 3.63) is 23.2 Å². The SMILES string of the molecule is C=C(C)C.C=C(Cl)Cl. The summed E-state index contributed by atoms with van der Waals surface area (Å²) in [6.45, 7) is 10.6. The average Bonchev–Trinajstić information content (AvgIpc) is 1.25. The van der Waals surface area contributed by atoms with Crippen molar-refractivity contribution < 1.29 is 0 Å². The molecule has 0 radical (unpaired) electrons. The average molecular weight is 153 g/mol. The molecule has 0 saturated heterocycles. The first kappa shape index (κ1) is 10.9. The number of hydrogen-bond acceptors (Lipinski definition) is 0. The Hall–Kier alpha value is 0.0600. The molecule has 0 heterocycles. The summed E-state index contributed by atoms with van der Waals surface area (Å²) in [7, 11) is 0. The van der Waals surface area contributed by atoms with Crippen molar-refractivity contribution in [2.24, 2.45) is 0 Å². The second-order valence-corrected chi connectivity index (χ2v) is 2.65. The van der Waals surface area contributed by atoms with Crippen LogP contribution in [0.4, 0.5) is 0 Å². The van der Waals surface area contributed by atoms with E-state index in [2.05, 4.69) is 13.2 Å². The molecule has 0 atom stereocenters. The normalized spacial score (nSPS) is 6.50. The Morgan fingerprint density at radius 1 is 1.12 bits per heavy atom. The molecule has 0 aliphatic rings. The van der Waals surface area contributed by atoms with Gasteiger partial charge in [0.15, 0.2) is 0 Å². The van der Waals surface area contributed by atoms with E-state index in [0.717, 1.165) is 0 Å². The highest BCUT2D eigenvalue weighted by Gasteiger charge is 1.60. The Morgan fingerprint density at radius 3 is 1.12 bits per heavy atom. The second-order valence-electron chi connectivity index (χ2n) is 1.55. The molecule has 0 fully saturated rings. The fourth-order valence-corrected chi connectivity index (χ4v) is 0. The van der Waals surface area contributed by atoms with E-state index >= 15 is 0 Å². The summed E-state index contributed by atoms with van der Waals surface area (Å²) in [5, 5.41) is 0. The predicted octanol–water partition coefficient (Wildman–Crippen LogP) is 3.52. The van der Waals surface area contributed by atoms with Crippen LogP contribution in [0.25, 0.3) is 0 Å². The van der Waals surface area contributed by atoms with Gasteiger partial charge >= 0.3 is 0 Å². The van der Waals surface area contributed by atoms with Crippen LogP contribution < -0.4 is 0 Å². The van der Waals surface area contributed by atoms with E-state index < -0.39 is 0 Å². The van der Waals surface area contributed by atoms with Gasteiger partial charge < -0.3 is 0 Å². The van der Waals surface area contributed by atoms with Crippen molar-refractivity contribution in [3.63, 3.8) is 0 Å². The smallest absolute Gasteiger partial charge is 0.0992 e. The molecule has 8 heavy (non-hydrogen) atoms. The standard InChI is InChI=1S/C4H8.C2H2Cl2/c1-4(2)3;1-2(3)4/h1H2,2-3H3;1H2. The fraction of sp³-hybridized carbons (Fsp3) is 0.333. The van der Waals surface area contributed by atoms with Crippen molar-refractivity contribution in [3.8, 4) is 0 Å². The first-order valence-corrected chi connectivity index (χ1v) is 2.84. The Kier molecular flexibility index (Phi) is 9.65. The van der Waals surface area contributed by atoms with Crippen molar-refractivity contribution in [1.29, 1.82) is 0 Å². The van der Waals surface area contributed by atoms with Gasteiger partial charge in [0.1, 0.15) is 0 Å². The van der Waals surface area contributed by atoms with Gasteiger partial charge in [0.25, 0.3) is 0 Å². The number of rotatable bonds is 0. The van der Waals surface area contributed by atoms with Gasteiger partial charge in [-0.1, -0.05) is 35.4 Å².